The second-order valence-corrected chi connectivity index (χ2v) is 3.18. The molecule has 0 radical (unpaired) electrons. The summed E-state index contributed by atoms with van der Waals surface area (Å²) >= 11 is 0. The number of aromatic hydroxyl groups is 1. The molecule has 0 aliphatic carbocycles. The highest BCUT2D eigenvalue weighted by molar-refractivity contribution is 5.96. The van der Waals surface area contributed by atoms with Gasteiger partial charge in [0.15, 0.2) is 0 Å². The van der Waals surface area contributed by atoms with Gasteiger partial charge in [-0.15, -0.1) is 0 Å². The van der Waals surface area contributed by atoms with Gasteiger partial charge in [0.1, 0.15) is 5.75 Å². The van der Waals surface area contributed by atoms with Crippen LogP contribution in [0.5, 0.6) is 5.75 Å². The first kappa shape index (κ1) is 12.0. The van der Waals surface area contributed by atoms with E-state index in [0.717, 1.165) is 0 Å². The van der Waals surface area contributed by atoms with Crippen molar-refractivity contribution >= 4 is 11.8 Å². The number of benzene rings is 1. The molecule has 0 unspecified atom stereocenters. The van der Waals surface area contributed by atoms with E-state index in [-0.39, 0.29) is 24.1 Å². The van der Waals surface area contributed by atoms with E-state index in [2.05, 4.69) is 10.6 Å². The van der Waals surface area contributed by atoms with Crippen molar-refractivity contribution < 1.29 is 14.7 Å². The largest absolute Gasteiger partial charge is 0.508 e. The Morgan fingerprint density at radius 3 is 2.38 bits per heavy atom. The molecule has 0 heterocycles. The summed E-state index contributed by atoms with van der Waals surface area (Å²) in [6.45, 7) is 2.29. The maximum Gasteiger partial charge on any atom is 0.251 e. The summed E-state index contributed by atoms with van der Waals surface area (Å²) in [4.78, 5) is 22.6. The maximum absolute atomic E-state index is 11.5. The highest BCUT2D eigenvalue weighted by atomic mass is 16.3. The molecule has 3 N–H and O–H groups in total. The molecule has 0 saturated heterocycles. The Morgan fingerprint density at radius 2 is 1.81 bits per heavy atom. The van der Waals surface area contributed by atoms with Crippen molar-refractivity contribution in [3.63, 3.8) is 0 Å². The lowest BCUT2D eigenvalue weighted by molar-refractivity contribution is -0.120. The van der Waals surface area contributed by atoms with Gasteiger partial charge in [0.2, 0.25) is 5.91 Å². The van der Waals surface area contributed by atoms with Gasteiger partial charge in [-0.1, -0.05) is 0 Å². The van der Waals surface area contributed by atoms with Gasteiger partial charge in [-0.2, -0.15) is 0 Å². The van der Waals surface area contributed by atoms with Crippen molar-refractivity contribution in [2.45, 2.75) is 6.92 Å². The summed E-state index contributed by atoms with van der Waals surface area (Å²) in [7, 11) is 0. The summed E-state index contributed by atoms with van der Waals surface area (Å²) < 4.78 is 0. The van der Waals surface area contributed by atoms with Crippen molar-refractivity contribution in [1.82, 2.24) is 10.6 Å². The molecule has 0 aromatic heterocycles. The standard InChI is InChI=1S/C11H14N2O3/c1-2-12-10(15)7-13-11(16)8-3-5-9(14)6-4-8/h3-6,14H,2,7H2,1H3,(H,12,15)(H,13,16). The Kier molecular flexibility index (Phi) is 4.32. The minimum atomic E-state index is -0.341. The van der Waals surface area contributed by atoms with Gasteiger partial charge in [0.25, 0.3) is 5.91 Å². The highest BCUT2D eigenvalue weighted by Crippen LogP contribution is 2.08. The zero-order valence-electron chi connectivity index (χ0n) is 8.99. The van der Waals surface area contributed by atoms with E-state index in [1.54, 1.807) is 6.92 Å². The van der Waals surface area contributed by atoms with Crippen molar-refractivity contribution in [2.75, 3.05) is 13.1 Å². The molecule has 1 aromatic carbocycles. The maximum atomic E-state index is 11.5. The predicted octanol–water partition coefficient (Wildman–Crippen LogP) is 0.258. The number of carbonyl (C=O) groups is 2. The van der Waals surface area contributed by atoms with E-state index in [1.165, 1.54) is 24.3 Å². The Balaban J connectivity index is 2.47. The monoisotopic (exact) mass is 222 g/mol. The third-order valence-electron chi connectivity index (χ3n) is 1.91. The van der Waals surface area contributed by atoms with Gasteiger partial charge < -0.3 is 15.7 Å². The number of phenolic OH excluding ortho intramolecular Hbond substituents is 1. The number of nitrogens with one attached hydrogen (secondary N) is 2. The van der Waals surface area contributed by atoms with Crippen molar-refractivity contribution in [3.8, 4) is 5.75 Å². The quantitative estimate of drug-likeness (QED) is 0.683. The van der Waals surface area contributed by atoms with Gasteiger partial charge in [-0.05, 0) is 31.2 Å². The van der Waals surface area contributed by atoms with Crippen LogP contribution in [0.1, 0.15) is 17.3 Å². The molecule has 1 aromatic rings. The van der Waals surface area contributed by atoms with Crippen LogP contribution >= 0.6 is 0 Å². The second kappa shape index (κ2) is 5.75. The molecule has 0 fully saturated rings. The molecule has 0 saturated carbocycles. The molecule has 1 rings (SSSR count). The number of phenols is 1. The van der Waals surface area contributed by atoms with Crippen LogP contribution in [0.2, 0.25) is 0 Å². The Morgan fingerprint density at radius 1 is 1.19 bits per heavy atom. The molecule has 0 atom stereocenters. The topological polar surface area (TPSA) is 78.4 Å². The van der Waals surface area contributed by atoms with E-state index in [4.69, 9.17) is 5.11 Å². The van der Waals surface area contributed by atoms with Gasteiger partial charge in [-0.3, -0.25) is 9.59 Å². The molecule has 16 heavy (non-hydrogen) atoms. The van der Waals surface area contributed by atoms with Gasteiger partial charge in [-0.25, -0.2) is 0 Å². The Labute approximate surface area is 93.5 Å². The number of carbonyl (C=O) groups excluding carboxylic acids is 2. The fraction of sp³-hybridized carbons (Fsp3) is 0.273. The molecule has 0 spiro atoms. The number of rotatable bonds is 4. The molecule has 2 amide bonds. The van der Waals surface area contributed by atoms with Crippen LogP contribution in [0.25, 0.3) is 0 Å². The number of hydrogen-bond acceptors (Lipinski definition) is 3. The Bertz CT molecular complexity index is 373. The van der Waals surface area contributed by atoms with Crippen LogP contribution in [0, 0.1) is 0 Å². The fourth-order valence-corrected chi connectivity index (χ4v) is 1.14. The van der Waals surface area contributed by atoms with E-state index >= 15 is 0 Å². The third kappa shape index (κ3) is 3.61. The van der Waals surface area contributed by atoms with Crippen LogP contribution in [-0.4, -0.2) is 30.0 Å². The minimum Gasteiger partial charge on any atom is -0.508 e. The average Bonchev–Trinajstić information content (AvgIpc) is 2.27. The summed E-state index contributed by atoms with van der Waals surface area (Å²) in [5.41, 5.74) is 0.405. The third-order valence-corrected chi connectivity index (χ3v) is 1.91. The van der Waals surface area contributed by atoms with Crippen LogP contribution < -0.4 is 10.6 Å². The first-order chi connectivity index (χ1) is 7.63. The molecule has 0 aliphatic rings. The normalized spacial score (nSPS) is 9.56. The second-order valence-electron chi connectivity index (χ2n) is 3.18. The van der Waals surface area contributed by atoms with Crippen LogP contribution in [0.15, 0.2) is 24.3 Å². The van der Waals surface area contributed by atoms with Gasteiger partial charge in [0.05, 0.1) is 6.54 Å². The lowest BCUT2D eigenvalue weighted by Gasteiger charge is -2.05. The Hall–Kier alpha value is -2.04. The summed E-state index contributed by atoms with van der Waals surface area (Å²) in [6, 6.07) is 5.81. The van der Waals surface area contributed by atoms with Crippen LogP contribution in [-0.2, 0) is 4.79 Å². The molecule has 0 bridgehead atoms. The fourth-order valence-electron chi connectivity index (χ4n) is 1.14. The van der Waals surface area contributed by atoms with Crippen LogP contribution in [0.4, 0.5) is 0 Å². The molecular weight excluding hydrogens is 208 g/mol. The lowest BCUT2D eigenvalue weighted by Crippen LogP contribution is -2.36. The van der Waals surface area contributed by atoms with Crippen molar-refractivity contribution in [3.05, 3.63) is 29.8 Å². The zero-order valence-corrected chi connectivity index (χ0v) is 8.99. The summed E-state index contributed by atoms with van der Waals surface area (Å²) in [5, 5.41) is 14.1. The number of likely N-dealkylation sites (N-methyl/N-ethyl adjacent to an activating group) is 1. The first-order valence-corrected chi connectivity index (χ1v) is 4.97. The highest BCUT2D eigenvalue weighted by Gasteiger charge is 2.06. The SMILES string of the molecule is CCNC(=O)CNC(=O)c1ccc(O)cc1. The minimum absolute atomic E-state index is 0.0481. The molecular formula is C11H14N2O3. The van der Waals surface area contributed by atoms with Crippen molar-refractivity contribution in [1.29, 1.82) is 0 Å². The van der Waals surface area contributed by atoms with Crippen molar-refractivity contribution in [2.24, 2.45) is 0 Å². The van der Waals surface area contributed by atoms with Gasteiger partial charge in [0, 0.05) is 12.1 Å². The van der Waals surface area contributed by atoms with E-state index < -0.39 is 0 Å². The summed E-state index contributed by atoms with van der Waals surface area (Å²) in [5.74, 6) is -0.471. The van der Waals surface area contributed by atoms with E-state index in [1.807, 2.05) is 0 Å². The number of amides is 2. The smallest absolute Gasteiger partial charge is 0.251 e. The average molecular weight is 222 g/mol. The van der Waals surface area contributed by atoms with Gasteiger partial charge >= 0.3 is 0 Å². The first-order valence-electron chi connectivity index (χ1n) is 4.97. The molecule has 5 nitrogen and oxygen atoms in total. The molecule has 5 heteroatoms. The molecule has 86 valence electrons. The van der Waals surface area contributed by atoms with E-state index in [0.29, 0.717) is 12.1 Å². The zero-order chi connectivity index (χ0) is 12.0. The van der Waals surface area contributed by atoms with E-state index in [9.17, 15) is 9.59 Å². The summed E-state index contributed by atoms with van der Waals surface area (Å²) in [6.07, 6.45) is 0. The number of hydrogen-bond donors (Lipinski definition) is 3. The predicted molar refractivity (Wildman–Crippen MR) is 59.1 cm³/mol. The van der Waals surface area contributed by atoms with Crippen LogP contribution in [0.3, 0.4) is 0 Å². The molecule has 0 aliphatic heterocycles. The lowest BCUT2D eigenvalue weighted by atomic mass is 10.2.